The number of thiazole rings is 1. The van der Waals surface area contributed by atoms with E-state index >= 15 is 0 Å². The summed E-state index contributed by atoms with van der Waals surface area (Å²) in [6.07, 6.45) is 3.62. The Morgan fingerprint density at radius 1 is 1.25 bits per heavy atom. The van der Waals surface area contributed by atoms with Crippen molar-refractivity contribution in [1.29, 1.82) is 0 Å². The van der Waals surface area contributed by atoms with Crippen LogP contribution in [0.3, 0.4) is 0 Å². The number of hydrogen-bond acceptors (Lipinski definition) is 5. The van der Waals surface area contributed by atoms with Crippen LogP contribution in [0.1, 0.15) is 10.6 Å². The summed E-state index contributed by atoms with van der Waals surface area (Å²) in [6, 6.07) is 6.01. The molecule has 1 aromatic carbocycles. The second-order valence-electron chi connectivity index (χ2n) is 4.81. The molecule has 0 atom stereocenters. The summed E-state index contributed by atoms with van der Waals surface area (Å²) < 4.78 is 0. The number of nitrogens with two attached hydrogens (primary N) is 1. The lowest BCUT2D eigenvalue weighted by atomic mass is 10.1. The van der Waals surface area contributed by atoms with E-state index in [1.54, 1.807) is 17.5 Å². The average molecular weight is 284 g/mol. The van der Waals surface area contributed by atoms with Gasteiger partial charge < -0.3 is 10.6 Å². The van der Waals surface area contributed by atoms with Crippen LogP contribution < -0.4 is 10.6 Å². The fraction of sp³-hybridized carbons (Fsp3) is 0.200. The van der Waals surface area contributed by atoms with Crippen molar-refractivity contribution in [3.05, 3.63) is 46.7 Å². The second kappa shape index (κ2) is 5.09. The molecule has 3 rings (SSSR count). The summed E-state index contributed by atoms with van der Waals surface area (Å²) in [6.45, 7) is 2.89. The Morgan fingerprint density at radius 3 is 2.85 bits per heavy atom. The van der Waals surface area contributed by atoms with Crippen LogP contribution >= 0.6 is 11.3 Å². The van der Waals surface area contributed by atoms with Crippen LogP contribution in [-0.2, 0) is 6.54 Å². The molecule has 0 spiro atoms. The van der Waals surface area contributed by atoms with Gasteiger partial charge in [0.05, 0.1) is 17.7 Å². The van der Waals surface area contributed by atoms with E-state index in [0.29, 0.717) is 0 Å². The van der Waals surface area contributed by atoms with Gasteiger partial charge in [0.1, 0.15) is 0 Å². The van der Waals surface area contributed by atoms with E-state index in [1.807, 2.05) is 30.8 Å². The van der Waals surface area contributed by atoms with Gasteiger partial charge in [0.15, 0.2) is 0 Å². The molecule has 20 heavy (non-hydrogen) atoms. The Bertz CT molecular complexity index is 750. The number of pyridine rings is 1. The number of aryl methyl sites for hydroxylation is 1. The van der Waals surface area contributed by atoms with Gasteiger partial charge in [-0.15, -0.1) is 11.3 Å². The lowest BCUT2D eigenvalue weighted by molar-refractivity contribution is 0.931. The Labute approximate surface area is 121 Å². The molecule has 0 amide bonds. The summed E-state index contributed by atoms with van der Waals surface area (Å²) in [5, 5.41) is 2.13. The van der Waals surface area contributed by atoms with Gasteiger partial charge >= 0.3 is 0 Å². The number of anilines is 2. The molecule has 0 saturated carbocycles. The van der Waals surface area contributed by atoms with Gasteiger partial charge in [0, 0.05) is 46.5 Å². The highest BCUT2D eigenvalue weighted by molar-refractivity contribution is 7.09. The van der Waals surface area contributed by atoms with E-state index in [2.05, 4.69) is 28.0 Å². The molecule has 0 bridgehead atoms. The first-order valence-electron chi connectivity index (χ1n) is 6.39. The van der Waals surface area contributed by atoms with Gasteiger partial charge in [-0.3, -0.25) is 4.98 Å². The summed E-state index contributed by atoms with van der Waals surface area (Å²) in [7, 11) is 2.09. The van der Waals surface area contributed by atoms with Gasteiger partial charge in [0.2, 0.25) is 0 Å². The molecule has 0 fully saturated rings. The highest BCUT2D eigenvalue weighted by Gasteiger charge is 2.11. The molecular weight excluding hydrogens is 268 g/mol. The van der Waals surface area contributed by atoms with Crippen molar-refractivity contribution < 1.29 is 0 Å². The lowest BCUT2D eigenvalue weighted by Gasteiger charge is -2.21. The summed E-state index contributed by atoms with van der Waals surface area (Å²) in [4.78, 5) is 12.0. The molecule has 2 heterocycles. The molecule has 4 nitrogen and oxygen atoms in total. The van der Waals surface area contributed by atoms with E-state index < -0.39 is 0 Å². The predicted molar refractivity (Wildman–Crippen MR) is 85.1 cm³/mol. The van der Waals surface area contributed by atoms with Crippen molar-refractivity contribution >= 4 is 33.5 Å². The highest BCUT2D eigenvalue weighted by Crippen LogP contribution is 2.31. The minimum atomic E-state index is 0.763. The van der Waals surface area contributed by atoms with Crippen LogP contribution in [0.4, 0.5) is 11.4 Å². The minimum Gasteiger partial charge on any atom is -0.398 e. The fourth-order valence-electron chi connectivity index (χ4n) is 2.31. The first-order valence-corrected chi connectivity index (χ1v) is 7.27. The van der Waals surface area contributed by atoms with Crippen LogP contribution in [-0.4, -0.2) is 17.0 Å². The van der Waals surface area contributed by atoms with Crippen LogP contribution in [0.25, 0.3) is 10.8 Å². The largest absolute Gasteiger partial charge is 0.398 e. The van der Waals surface area contributed by atoms with E-state index in [9.17, 15) is 0 Å². The summed E-state index contributed by atoms with van der Waals surface area (Å²) >= 11 is 1.69. The Hall–Kier alpha value is -2.14. The number of fused-ring (bicyclic) bond motifs is 1. The molecule has 2 aromatic heterocycles. The predicted octanol–water partition coefficient (Wildman–Crippen LogP) is 3.22. The molecule has 2 N–H and O–H groups in total. The van der Waals surface area contributed by atoms with Crippen molar-refractivity contribution in [3.8, 4) is 0 Å². The Morgan fingerprint density at radius 2 is 2.10 bits per heavy atom. The molecule has 0 aliphatic carbocycles. The minimum absolute atomic E-state index is 0.763. The number of benzene rings is 1. The van der Waals surface area contributed by atoms with Gasteiger partial charge in [-0.1, -0.05) is 0 Å². The van der Waals surface area contributed by atoms with Gasteiger partial charge in [-0.05, 0) is 25.1 Å². The van der Waals surface area contributed by atoms with Crippen LogP contribution in [0.2, 0.25) is 0 Å². The maximum atomic E-state index is 6.02. The molecule has 5 heteroatoms. The molecule has 0 aliphatic heterocycles. The summed E-state index contributed by atoms with van der Waals surface area (Å²) in [5.74, 6) is 0. The number of aromatic nitrogens is 2. The van der Waals surface area contributed by atoms with E-state index in [-0.39, 0.29) is 0 Å². The lowest BCUT2D eigenvalue weighted by Crippen LogP contribution is -2.16. The van der Waals surface area contributed by atoms with E-state index in [4.69, 9.17) is 5.73 Å². The van der Waals surface area contributed by atoms with E-state index in [0.717, 1.165) is 34.4 Å². The topological polar surface area (TPSA) is 55.0 Å². The first-order chi connectivity index (χ1) is 9.66. The normalized spacial score (nSPS) is 10.9. The van der Waals surface area contributed by atoms with Gasteiger partial charge in [-0.25, -0.2) is 4.98 Å². The highest BCUT2D eigenvalue weighted by atomic mass is 32.1. The molecular formula is C15H16N4S. The van der Waals surface area contributed by atoms with Crippen molar-refractivity contribution in [2.24, 2.45) is 0 Å². The Balaban J connectivity index is 2.02. The fourth-order valence-corrected chi connectivity index (χ4v) is 3.14. The van der Waals surface area contributed by atoms with Gasteiger partial charge in [0.25, 0.3) is 0 Å². The maximum absolute atomic E-state index is 6.02. The molecule has 102 valence electrons. The number of rotatable bonds is 3. The van der Waals surface area contributed by atoms with Crippen molar-refractivity contribution in [3.63, 3.8) is 0 Å². The zero-order chi connectivity index (χ0) is 14.1. The molecule has 3 aromatic rings. The SMILES string of the molecule is Cc1ncsc1CN(C)c1ccc(N)c2cnccc12. The third kappa shape index (κ3) is 2.20. The third-order valence-electron chi connectivity index (χ3n) is 3.47. The average Bonchev–Trinajstić information content (AvgIpc) is 2.85. The van der Waals surface area contributed by atoms with E-state index in [1.165, 1.54) is 4.88 Å². The monoisotopic (exact) mass is 284 g/mol. The van der Waals surface area contributed by atoms with Crippen molar-refractivity contribution in [1.82, 2.24) is 9.97 Å². The first kappa shape index (κ1) is 12.9. The van der Waals surface area contributed by atoms with Gasteiger partial charge in [-0.2, -0.15) is 0 Å². The smallest absolute Gasteiger partial charge is 0.0798 e. The van der Waals surface area contributed by atoms with Crippen LogP contribution in [0.5, 0.6) is 0 Å². The second-order valence-corrected chi connectivity index (χ2v) is 5.75. The molecule has 0 radical (unpaired) electrons. The van der Waals surface area contributed by atoms with Crippen LogP contribution in [0.15, 0.2) is 36.1 Å². The standard InChI is InChI=1S/C15H16N4S/c1-10-15(20-9-18-10)8-19(2)14-4-3-13(16)12-7-17-6-5-11(12)14/h3-7,9H,8,16H2,1-2H3. The van der Waals surface area contributed by atoms with Crippen molar-refractivity contribution in [2.45, 2.75) is 13.5 Å². The summed E-state index contributed by atoms with van der Waals surface area (Å²) in [5.41, 5.74) is 10.9. The molecule has 0 unspecified atom stereocenters. The number of nitrogens with zero attached hydrogens (tertiary/aromatic N) is 3. The van der Waals surface area contributed by atoms with Crippen LogP contribution in [0, 0.1) is 6.92 Å². The molecule has 0 aliphatic rings. The maximum Gasteiger partial charge on any atom is 0.0798 e. The quantitative estimate of drug-likeness (QED) is 0.750. The zero-order valence-corrected chi connectivity index (χ0v) is 12.3. The number of nitrogen functional groups attached to an aromatic ring is 1. The molecule has 0 saturated heterocycles. The van der Waals surface area contributed by atoms with Crippen molar-refractivity contribution in [2.75, 3.05) is 17.7 Å². The third-order valence-corrected chi connectivity index (χ3v) is 4.39. The number of hydrogen-bond donors (Lipinski definition) is 1. The zero-order valence-electron chi connectivity index (χ0n) is 11.5. The Kier molecular flexibility index (Phi) is 3.28.